The number of nitrogens with one attached hydrogen (secondary N) is 2. The Morgan fingerprint density at radius 1 is 1.03 bits per heavy atom. The molecule has 0 aliphatic carbocycles. The van der Waals surface area contributed by atoms with Crippen LogP contribution in [0.15, 0.2) is 59.7 Å². The van der Waals surface area contributed by atoms with Crippen molar-refractivity contribution in [2.75, 3.05) is 41.9 Å². The smallest absolute Gasteiger partial charge is 0.269 e. The fourth-order valence-corrected chi connectivity index (χ4v) is 3.05. The van der Waals surface area contributed by atoms with Crippen molar-refractivity contribution in [3.05, 3.63) is 70.3 Å². The van der Waals surface area contributed by atoms with Gasteiger partial charge in [-0.25, -0.2) is 5.43 Å². The maximum atomic E-state index is 10.9. The summed E-state index contributed by atoms with van der Waals surface area (Å²) in [6.07, 6.45) is 0. The number of morpholine rings is 1. The minimum Gasteiger partial charge on any atom is -0.378 e. The van der Waals surface area contributed by atoms with Crippen molar-refractivity contribution in [3.8, 4) is 0 Å². The molecule has 2 N–H and O–H groups in total. The van der Waals surface area contributed by atoms with Crippen molar-refractivity contribution in [2.24, 2.45) is 5.10 Å². The van der Waals surface area contributed by atoms with Gasteiger partial charge in [-0.15, -0.1) is 0 Å². The molecule has 1 aromatic heterocycles. The van der Waals surface area contributed by atoms with Crippen LogP contribution in [0.25, 0.3) is 0 Å². The highest BCUT2D eigenvalue weighted by Gasteiger charge is 2.17. The Labute approximate surface area is 184 Å². The van der Waals surface area contributed by atoms with E-state index < -0.39 is 4.92 Å². The fourth-order valence-electron chi connectivity index (χ4n) is 3.05. The number of aromatic nitrogens is 3. The van der Waals surface area contributed by atoms with Gasteiger partial charge in [0.15, 0.2) is 0 Å². The quantitative estimate of drug-likeness (QED) is 0.327. The van der Waals surface area contributed by atoms with Gasteiger partial charge in [-0.2, -0.15) is 20.1 Å². The number of benzene rings is 2. The van der Waals surface area contributed by atoms with E-state index in [1.54, 1.807) is 12.1 Å². The molecule has 2 heterocycles. The molecule has 0 unspecified atom stereocenters. The van der Waals surface area contributed by atoms with Crippen LogP contribution in [0.2, 0.25) is 0 Å². The van der Waals surface area contributed by atoms with Gasteiger partial charge < -0.3 is 15.0 Å². The maximum absolute atomic E-state index is 10.9. The highest BCUT2D eigenvalue weighted by Crippen LogP contribution is 2.21. The predicted molar refractivity (Wildman–Crippen MR) is 122 cm³/mol. The highest BCUT2D eigenvalue weighted by molar-refractivity contribution is 5.98. The van der Waals surface area contributed by atoms with Gasteiger partial charge in [-0.3, -0.25) is 10.1 Å². The Balaban J connectivity index is 1.59. The van der Waals surface area contributed by atoms with Crippen molar-refractivity contribution in [3.63, 3.8) is 0 Å². The topological polar surface area (TPSA) is 131 Å². The van der Waals surface area contributed by atoms with Crippen LogP contribution < -0.4 is 15.6 Å². The Kier molecular flexibility index (Phi) is 6.46. The zero-order valence-electron chi connectivity index (χ0n) is 17.4. The van der Waals surface area contributed by atoms with E-state index in [1.165, 1.54) is 12.1 Å². The SMILES string of the molecule is C/C(=N\Nc1nc(Nc2ccc([N+](=O)[O-])cc2)nc(N2CCOCC2)n1)c1ccccc1. The minimum atomic E-state index is -0.446. The van der Waals surface area contributed by atoms with Gasteiger partial charge in [-0.05, 0) is 24.6 Å². The molecule has 4 rings (SSSR count). The van der Waals surface area contributed by atoms with Gasteiger partial charge in [0.25, 0.3) is 5.69 Å². The number of non-ortho nitro benzene ring substituents is 1. The molecule has 3 aromatic rings. The van der Waals surface area contributed by atoms with Crippen LogP contribution in [0.1, 0.15) is 12.5 Å². The summed E-state index contributed by atoms with van der Waals surface area (Å²) in [7, 11) is 0. The van der Waals surface area contributed by atoms with E-state index in [9.17, 15) is 10.1 Å². The molecule has 1 aliphatic rings. The third kappa shape index (κ3) is 5.32. The Bertz CT molecular complexity index is 1100. The number of nitrogens with zero attached hydrogens (tertiary/aromatic N) is 6. The van der Waals surface area contributed by atoms with E-state index in [2.05, 4.69) is 30.8 Å². The van der Waals surface area contributed by atoms with Crippen LogP contribution in [-0.4, -0.2) is 51.9 Å². The van der Waals surface area contributed by atoms with E-state index in [0.717, 1.165) is 11.3 Å². The molecule has 0 spiro atoms. The largest absolute Gasteiger partial charge is 0.378 e. The summed E-state index contributed by atoms with van der Waals surface area (Å²) in [6.45, 7) is 4.39. The molecule has 0 amide bonds. The van der Waals surface area contributed by atoms with E-state index in [1.807, 2.05) is 42.2 Å². The first-order chi connectivity index (χ1) is 15.6. The maximum Gasteiger partial charge on any atom is 0.269 e. The van der Waals surface area contributed by atoms with Gasteiger partial charge in [0, 0.05) is 30.9 Å². The number of nitro groups is 1. The summed E-state index contributed by atoms with van der Waals surface area (Å²) in [5.74, 6) is 1.06. The summed E-state index contributed by atoms with van der Waals surface area (Å²) < 4.78 is 5.41. The van der Waals surface area contributed by atoms with Gasteiger partial charge in [0.2, 0.25) is 17.8 Å². The molecule has 0 bridgehead atoms. The molecule has 11 nitrogen and oxygen atoms in total. The molecule has 1 aliphatic heterocycles. The molecule has 0 saturated carbocycles. The zero-order chi connectivity index (χ0) is 22.3. The molecule has 1 fully saturated rings. The number of nitro benzene ring substituents is 1. The minimum absolute atomic E-state index is 0.00767. The molecular weight excluding hydrogens is 412 g/mol. The number of hydrazone groups is 1. The van der Waals surface area contributed by atoms with Crippen molar-refractivity contribution < 1.29 is 9.66 Å². The predicted octanol–water partition coefficient (Wildman–Crippen LogP) is 3.20. The molecule has 1 saturated heterocycles. The Morgan fingerprint density at radius 2 is 1.72 bits per heavy atom. The van der Waals surface area contributed by atoms with Crippen LogP contribution in [0.5, 0.6) is 0 Å². The normalized spacial score (nSPS) is 14.2. The van der Waals surface area contributed by atoms with E-state index in [-0.39, 0.29) is 11.6 Å². The van der Waals surface area contributed by atoms with E-state index in [4.69, 9.17) is 4.74 Å². The zero-order valence-corrected chi connectivity index (χ0v) is 17.4. The van der Waals surface area contributed by atoms with Gasteiger partial charge in [0.05, 0.1) is 23.8 Å². The summed E-state index contributed by atoms with van der Waals surface area (Å²) in [5, 5.41) is 18.4. The van der Waals surface area contributed by atoms with Gasteiger partial charge in [-0.1, -0.05) is 30.3 Å². The van der Waals surface area contributed by atoms with E-state index >= 15 is 0 Å². The first-order valence-corrected chi connectivity index (χ1v) is 10.0. The third-order valence-electron chi connectivity index (χ3n) is 4.77. The van der Waals surface area contributed by atoms with Gasteiger partial charge >= 0.3 is 0 Å². The standard InChI is InChI=1S/C21H22N8O3/c1-15(16-5-3-2-4-6-16)26-27-20-23-19(22-17-7-9-18(10-8-17)29(30)31)24-21(25-20)28-11-13-32-14-12-28/h2-10H,11-14H2,1H3,(H2,22,23,24,25,27)/b26-15+. The second-order valence-corrected chi connectivity index (χ2v) is 6.99. The molecule has 11 heteroatoms. The number of hydrogen-bond donors (Lipinski definition) is 2. The summed E-state index contributed by atoms with van der Waals surface area (Å²) in [6, 6.07) is 15.8. The molecule has 164 valence electrons. The summed E-state index contributed by atoms with van der Waals surface area (Å²) in [4.78, 5) is 25.9. The van der Waals surface area contributed by atoms with Crippen molar-refractivity contribution in [1.82, 2.24) is 15.0 Å². The van der Waals surface area contributed by atoms with Gasteiger partial charge in [0.1, 0.15) is 0 Å². The third-order valence-corrected chi connectivity index (χ3v) is 4.77. The first-order valence-electron chi connectivity index (χ1n) is 10.0. The lowest BCUT2D eigenvalue weighted by Crippen LogP contribution is -2.37. The van der Waals surface area contributed by atoms with Crippen molar-refractivity contribution in [1.29, 1.82) is 0 Å². The lowest BCUT2D eigenvalue weighted by molar-refractivity contribution is -0.384. The lowest BCUT2D eigenvalue weighted by Gasteiger charge is -2.27. The lowest BCUT2D eigenvalue weighted by atomic mass is 10.1. The molecular formula is C21H22N8O3. The van der Waals surface area contributed by atoms with Crippen LogP contribution in [0.4, 0.5) is 29.2 Å². The number of anilines is 4. The van der Waals surface area contributed by atoms with Crippen LogP contribution in [-0.2, 0) is 4.74 Å². The van der Waals surface area contributed by atoms with E-state index in [0.29, 0.717) is 43.9 Å². The monoisotopic (exact) mass is 434 g/mol. The molecule has 0 atom stereocenters. The molecule has 0 radical (unpaired) electrons. The summed E-state index contributed by atoms with van der Waals surface area (Å²) >= 11 is 0. The average molecular weight is 434 g/mol. The number of ether oxygens (including phenoxy) is 1. The summed E-state index contributed by atoms with van der Waals surface area (Å²) in [5.41, 5.74) is 5.29. The number of hydrogen-bond acceptors (Lipinski definition) is 10. The van der Waals surface area contributed by atoms with Crippen LogP contribution in [0.3, 0.4) is 0 Å². The first kappa shape index (κ1) is 21.1. The second kappa shape index (κ2) is 9.79. The van der Waals surface area contributed by atoms with Crippen molar-refractivity contribution >= 4 is 34.9 Å². The number of rotatable bonds is 7. The Hall–Kier alpha value is -4.12. The second-order valence-electron chi connectivity index (χ2n) is 6.99. The molecule has 2 aromatic carbocycles. The molecule has 32 heavy (non-hydrogen) atoms. The van der Waals surface area contributed by atoms with Crippen LogP contribution in [0, 0.1) is 10.1 Å². The Morgan fingerprint density at radius 3 is 2.41 bits per heavy atom. The van der Waals surface area contributed by atoms with Crippen molar-refractivity contribution in [2.45, 2.75) is 6.92 Å². The van der Waals surface area contributed by atoms with Crippen LogP contribution >= 0.6 is 0 Å². The highest BCUT2D eigenvalue weighted by atomic mass is 16.6. The average Bonchev–Trinajstić information content (AvgIpc) is 2.84. The fraction of sp³-hybridized carbons (Fsp3) is 0.238.